The molecule has 0 aliphatic carbocycles. The Morgan fingerprint density at radius 1 is 1.09 bits per heavy atom. The van der Waals surface area contributed by atoms with Gasteiger partial charge in [-0.1, -0.05) is 12.1 Å². The van der Waals surface area contributed by atoms with E-state index in [0.717, 1.165) is 28.8 Å². The van der Waals surface area contributed by atoms with Crippen molar-refractivity contribution >= 4 is 17.3 Å². The van der Waals surface area contributed by atoms with Crippen molar-refractivity contribution in [3.63, 3.8) is 0 Å². The van der Waals surface area contributed by atoms with E-state index in [4.69, 9.17) is 4.74 Å². The van der Waals surface area contributed by atoms with Gasteiger partial charge in [-0.15, -0.1) is 13.2 Å². The quantitative estimate of drug-likeness (QED) is 0.580. The van der Waals surface area contributed by atoms with E-state index in [0.29, 0.717) is 37.7 Å². The number of benzene rings is 2. The second-order valence-corrected chi connectivity index (χ2v) is 8.19. The van der Waals surface area contributed by atoms with Gasteiger partial charge in [0.2, 0.25) is 0 Å². The van der Waals surface area contributed by atoms with Crippen molar-refractivity contribution in [1.82, 2.24) is 4.57 Å². The number of halogens is 3. The summed E-state index contributed by atoms with van der Waals surface area (Å²) >= 11 is 0. The number of morpholine rings is 1. The van der Waals surface area contributed by atoms with Gasteiger partial charge < -0.3 is 24.3 Å². The third-order valence-corrected chi connectivity index (χ3v) is 5.65. The minimum absolute atomic E-state index is 0.0191. The van der Waals surface area contributed by atoms with Gasteiger partial charge in [-0.2, -0.15) is 0 Å². The molecule has 1 fully saturated rings. The molecule has 1 saturated heterocycles. The number of pyridine rings is 1. The lowest BCUT2D eigenvalue weighted by Crippen LogP contribution is -2.40. The van der Waals surface area contributed by atoms with Crippen LogP contribution in [0.5, 0.6) is 5.75 Å². The Morgan fingerprint density at radius 3 is 2.54 bits per heavy atom. The summed E-state index contributed by atoms with van der Waals surface area (Å²) in [5, 5.41) is 2.72. The molecule has 0 radical (unpaired) electrons. The molecule has 2 heterocycles. The molecular weight excluding hydrogens is 463 g/mol. The molecule has 1 aromatic heterocycles. The Kier molecular flexibility index (Phi) is 6.83. The van der Waals surface area contributed by atoms with Gasteiger partial charge in [-0.25, -0.2) is 0 Å². The third kappa shape index (κ3) is 5.83. The fourth-order valence-electron chi connectivity index (χ4n) is 3.92. The lowest BCUT2D eigenvalue weighted by Gasteiger charge is -2.29. The summed E-state index contributed by atoms with van der Waals surface area (Å²) in [6.45, 7) is 4.24. The predicted molar refractivity (Wildman–Crippen MR) is 126 cm³/mol. The number of alkyl halides is 3. The number of carbonyl (C=O) groups excluding carboxylic acids is 1. The normalized spacial score (nSPS) is 14.0. The molecule has 184 valence electrons. The van der Waals surface area contributed by atoms with Crippen LogP contribution in [-0.4, -0.2) is 43.1 Å². The number of nitrogens with one attached hydrogen (secondary N) is 1. The maximum absolute atomic E-state index is 12.8. The molecule has 1 N–H and O–H groups in total. The van der Waals surface area contributed by atoms with Crippen LogP contribution in [0.4, 0.5) is 24.5 Å². The van der Waals surface area contributed by atoms with Crippen LogP contribution in [0.15, 0.2) is 59.5 Å². The van der Waals surface area contributed by atoms with E-state index < -0.39 is 18.0 Å². The molecule has 0 bridgehead atoms. The van der Waals surface area contributed by atoms with Crippen LogP contribution >= 0.6 is 0 Å². The number of aryl methyl sites for hydroxylation is 2. The molecule has 3 aromatic rings. The Morgan fingerprint density at radius 2 is 1.83 bits per heavy atom. The topological polar surface area (TPSA) is 72.8 Å². The minimum atomic E-state index is -4.85. The summed E-state index contributed by atoms with van der Waals surface area (Å²) in [6.07, 6.45) is -3.12. The van der Waals surface area contributed by atoms with Crippen molar-refractivity contribution in [2.24, 2.45) is 7.05 Å². The van der Waals surface area contributed by atoms with Gasteiger partial charge in [0.05, 0.1) is 13.2 Å². The first-order valence-corrected chi connectivity index (χ1v) is 10.9. The second kappa shape index (κ2) is 9.83. The van der Waals surface area contributed by atoms with E-state index in [1.807, 2.05) is 24.0 Å². The monoisotopic (exact) mass is 487 g/mol. The van der Waals surface area contributed by atoms with Gasteiger partial charge in [-0.3, -0.25) is 9.59 Å². The molecule has 2 aromatic carbocycles. The molecule has 35 heavy (non-hydrogen) atoms. The summed E-state index contributed by atoms with van der Waals surface area (Å²) < 4.78 is 48.3. The van der Waals surface area contributed by atoms with Gasteiger partial charge in [0, 0.05) is 43.1 Å². The third-order valence-electron chi connectivity index (χ3n) is 5.65. The van der Waals surface area contributed by atoms with E-state index >= 15 is 0 Å². The molecule has 1 amide bonds. The molecule has 1 aliphatic heterocycles. The average Bonchev–Trinajstić information content (AvgIpc) is 2.81. The number of nitrogens with zero attached hydrogens (tertiary/aromatic N) is 2. The molecule has 10 heteroatoms. The molecular formula is C25H24F3N3O4. The first-order valence-electron chi connectivity index (χ1n) is 10.9. The maximum Gasteiger partial charge on any atom is 0.573 e. The average molecular weight is 487 g/mol. The molecule has 0 spiro atoms. The molecule has 0 atom stereocenters. The summed E-state index contributed by atoms with van der Waals surface area (Å²) in [5.74, 6) is -1.06. The fraction of sp³-hybridized carbons (Fsp3) is 0.280. The lowest BCUT2D eigenvalue weighted by molar-refractivity contribution is -0.274. The number of aromatic nitrogens is 1. The van der Waals surface area contributed by atoms with E-state index in [9.17, 15) is 22.8 Å². The van der Waals surface area contributed by atoms with E-state index in [1.165, 1.54) is 16.7 Å². The van der Waals surface area contributed by atoms with Crippen molar-refractivity contribution in [2.45, 2.75) is 13.3 Å². The Hall–Kier alpha value is -3.79. The second-order valence-electron chi connectivity index (χ2n) is 8.19. The number of carbonyl (C=O) groups is 1. The number of ether oxygens (including phenoxy) is 2. The van der Waals surface area contributed by atoms with Crippen LogP contribution < -0.4 is 20.5 Å². The smallest absolute Gasteiger partial charge is 0.406 e. The van der Waals surface area contributed by atoms with E-state index in [-0.39, 0.29) is 11.1 Å². The highest BCUT2D eigenvalue weighted by atomic mass is 19.4. The molecule has 4 rings (SSSR count). The first-order chi connectivity index (χ1) is 16.6. The first kappa shape index (κ1) is 24.3. The van der Waals surface area contributed by atoms with Crippen molar-refractivity contribution in [2.75, 3.05) is 36.5 Å². The predicted octanol–water partition coefficient (Wildman–Crippen LogP) is 4.35. The van der Waals surface area contributed by atoms with Crippen LogP contribution in [0.1, 0.15) is 15.9 Å². The summed E-state index contributed by atoms with van der Waals surface area (Å²) in [7, 11) is 1.69. The van der Waals surface area contributed by atoms with E-state index in [1.54, 1.807) is 25.4 Å². The zero-order valence-corrected chi connectivity index (χ0v) is 19.2. The van der Waals surface area contributed by atoms with Crippen LogP contribution in [0.25, 0.3) is 11.1 Å². The summed E-state index contributed by atoms with van der Waals surface area (Å²) in [6, 6.07) is 12.0. The van der Waals surface area contributed by atoms with Crippen LogP contribution in [0, 0.1) is 6.92 Å². The highest BCUT2D eigenvalue weighted by Crippen LogP contribution is 2.29. The van der Waals surface area contributed by atoms with Crippen molar-refractivity contribution in [3.8, 4) is 16.9 Å². The van der Waals surface area contributed by atoms with Gasteiger partial charge in [0.1, 0.15) is 11.4 Å². The SMILES string of the molecule is Cc1ccc(NC(=O)c2cccc(OC(F)(F)F)c2)cc1-c1cc(N2CCOCC2)c(=O)n(C)c1. The minimum Gasteiger partial charge on any atom is -0.406 e. The summed E-state index contributed by atoms with van der Waals surface area (Å²) in [4.78, 5) is 27.5. The van der Waals surface area contributed by atoms with Crippen LogP contribution in [-0.2, 0) is 11.8 Å². The Labute approximate surface area is 199 Å². The number of rotatable bonds is 5. The molecule has 7 nitrogen and oxygen atoms in total. The van der Waals surface area contributed by atoms with Crippen LogP contribution in [0.2, 0.25) is 0 Å². The largest absolute Gasteiger partial charge is 0.573 e. The Balaban J connectivity index is 1.62. The van der Waals surface area contributed by atoms with Crippen molar-refractivity contribution in [3.05, 3.63) is 76.2 Å². The van der Waals surface area contributed by atoms with Gasteiger partial charge in [0.25, 0.3) is 11.5 Å². The Bertz CT molecular complexity index is 1300. The number of hydrogen-bond donors (Lipinski definition) is 1. The van der Waals surface area contributed by atoms with Gasteiger partial charge >= 0.3 is 6.36 Å². The zero-order chi connectivity index (χ0) is 25.2. The maximum atomic E-state index is 12.8. The number of hydrogen-bond acceptors (Lipinski definition) is 5. The molecule has 0 saturated carbocycles. The highest BCUT2D eigenvalue weighted by Gasteiger charge is 2.31. The van der Waals surface area contributed by atoms with Gasteiger partial charge in [0.15, 0.2) is 0 Å². The van der Waals surface area contributed by atoms with Crippen molar-refractivity contribution < 1.29 is 27.4 Å². The molecule has 0 unspecified atom stereocenters. The van der Waals surface area contributed by atoms with E-state index in [2.05, 4.69) is 10.1 Å². The fourth-order valence-corrected chi connectivity index (χ4v) is 3.92. The van der Waals surface area contributed by atoms with Crippen LogP contribution in [0.3, 0.4) is 0 Å². The molecule has 1 aliphatic rings. The summed E-state index contributed by atoms with van der Waals surface area (Å²) in [5.41, 5.74) is 3.47. The lowest BCUT2D eigenvalue weighted by atomic mass is 10.0. The number of anilines is 2. The van der Waals surface area contributed by atoms with Gasteiger partial charge in [-0.05, 0) is 54.4 Å². The van der Waals surface area contributed by atoms with Crippen molar-refractivity contribution in [1.29, 1.82) is 0 Å². The standard InChI is InChI=1S/C25H24F3N3O4/c1-16-6-7-19(29-23(32)17-4-3-5-20(12-17)35-25(26,27)28)14-21(16)18-13-22(24(33)30(2)15-18)31-8-10-34-11-9-31/h3-7,12-15H,8-11H2,1-2H3,(H,29,32). The zero-order valence-electron chi connectivity index (χ0n) is 19.2. The highest BCUT2D eigenvalue weighted by molar-refractivity contribution is 6.04. The number of amides is 1.